The van der Waals surface area contributed by atoms with Crippen LogP contribution in [0, 0.1) is 17.3 Å². The van der Waals surface area contributed by atoms with E-state index in [2.05, 4.69) is 6.92 Å². The van der Waals surface area contributed by atoms with Gasteiger partial charge in [-0.3, -0.25) is 0 Å². The predicted octanol–water partition coefficient (Wildman–Crippen LogP) is 2.40. The van der Waals surface area contributed by atoms with E-state index in [0.29, 0.717) is 23.5 Å². The minimum absolute atomic E-state index is 0.115. The summed E-state index contributed by atoms with van der Waals surface area (Å²) < 4.78 is 0. The van der Waals surface area contributed by atoms with Crippen LogP contribution in [0.15, 0.2) is 12.1 Å². The molecule has 2 radical (unpaired) electrons. The summed E-state index contributed by atoms with van der Waals surface area (Å²) in [7, 11) is 6.24. The maximum atomic E-state index is 10.4. The normalized spacial score (nSPS) is 41.2. The highest BCUT2D eigenvalue weighted by Crippen LogP contribution is 2.60. The summed E-state index contributed by atoms with van der Waals surface area (Å²) in [6.45, 7) is 2.29. The van der Waals surface area contributed by atoms with Crippen LogP contribution in [0.25, 0.3) is 0 Å². The van der Waals surface area contributed by atoms with Crippen LogP contribution in [0.2, 0.25) is 0 Å². The Morgan fingerprint density at radius 1 is 1.19 bits per heavy atom. The van der Waals surface area contributed by atoms with E-state index in [0.717, 1.165) is 37.6 Å². The molecule has 3 aliphatic rings. The number of rotatable bonds is 0. The van der Waals surface area contributed by atoms with Crippen molar-refractivity contribution >= 4 is 13.3 Å². The number of benzene rings is 1. The summed E-state index contributed by atoms with van der Waals surface area (Å²) in [6.07, 6.45) is 6.40. The van der Waals surface area contributed by atoms with Crippen molar-refractivity contribution in [3.8, 4) is 5.75 Å². The van der Waals surface area contributed by atoms with Gasteiger partial charge in [-0.15, -0.1) is 0 Å². The van der Waals surface area contributed by atoms with Crippen LogP contribution in [0.5, 0.6) is 5.75 Å². The lowest BCUT2D eigenvalue weighted by Gasteiger charge is -2.50. The van der Waals surface area contributed by atoms with Crippen molar-refractivity contribution in [1.29, 1.82) is 0 Å². The van der Waals surface area contributed by atoms with E-state index in [1.54, 1.807) is 6.07 Å². The second kappa shape index (κ2) is 4.52. The fourth-order valence-corrected chi connectivity index (χ4v) is 5.72. The first kappa shape index (κ1) is 13.7. The first-order valence-electron chi connectivity index (χ1n) is 8.30. The zero-order valence-corrected chi connectivity index (χ0v) is 12.7. The highest BCUT2D eigenvalue weighted by atomic mass is 16.3. The molecule has 0 aromatic heterocycles. The lowest BCUT2D eigenvalue weighted by Crippen LogP contribution is -2.45. The smallest absolute Gasteiger partial charge is 0.115 e. The minimum Gasteiger partial charge on any atom is -0.508 e. The van der Waals surface area contributed by atoms with Crippen molar-refractivity contribution < 1.29 is 10.2 Å². The molecule has 1 aromatic rings. The molecule has 0 saturated heterocycles. The number of aryl methyl sites for hydroxylation is 1. The fourth-order valence-electron chi connectivity index (χ4n) is 5.72. The van der Waals surface area contributed by atoms with Crippen LogP contribution in [0.3, 0.4) is 0 Å². The third kappa shape index (κ3) is 1.83. The predicted molar refractivity (Wildman–Crippen MR) is 84.1 cm³/mol. The maximum Gasteiger partial charge on any atom is 0.115 e. The largest absolute Gasteiger partial charge is 0.508 e. The van der Waals surface area contributed by atoms with Gasteiger partial charge in [0.2, 0.25) is 0 Å². The Kier molecular flexibility index (Phi) is 2.95. The number of hydrogen-bond donors (Lipinski definition) is 2. The highest BCUT2D eigenvalue weighted by Gasteiger charge is 2.54. The summed E-state index contributed by atoms with van der Waals surface area (Å²) in [5.41, 5.74) is 3.43. The van der Waals surface area contributed by atoms with Crippen molar-refractivity contribution in [2.75, 3.05) is 0 Å². The average molecular weight is 282 g/mol. The Morgan fingerprint density at radius 3 is 2.81 bits per heavy atom. The van der Waals surface area contributed by atoms with Crippen molar-refractivity contribution in [2.24, 2.45) is 17.3 Å². The molecule has 2 nitrogen and oxygen atoms in total. The molecule has 0 amide bonds. The standard InChI is InChI=1S/C18H23BO2/c1-18-7-6-13-12(14(18)4-5-16(18)21)3-2-10-8-11(20)9-15(19)17(10)13/h8-9,12-14,16,20-21H,2-7H2,1H3/t12-,13+,14+,16-,18+/m1/s1. The van der Waals surface area contributed by atoms with E-state index in [-0.39, 0.29) is 11.5 Å². The topological polar surface area (TPSA) is 40.5 Å². The van der Waals surface area contributed by atoms with Gasteiger partial charge in [0.25, 0.3) is 0 Å². The Bertz CT molecular complexity index is 585. The molecule has 21 heavy (non-hydrogen) atoms. The molecular weight excluding hydrogens is 259 g/mol. The fraction of sp³-hybridized carbons (Fsp3) is 0.667. The number of phenols is 1. The quantitative estimate of drug-likeness (QED) is 0.717. The minimum atomic E-state index is -0.123. The van der Waals surface area contributed by atoms with Gasteiger partial charge in [-0.25, -0.2) is 0 Å². The molecule has 2 N–H and O–H groups in total. The molecule has 3 aliphatic carbocycles. The summed E-state index contributed by atoms with van der Waals surface area (Å²) in [4.78, 5) is 0. The highest BCUT2D eigenvalue weighted by molar-refractivity contribution is 6.33. The van der Waals surface area contributed by atoms with Gasteiger partial charge in [-0.2, -0.15) is 0 Å². The van der Waals surface area contributed by atoms with Gasteiger partial charge in [-0.1, -0.05) is 12.4 Å². The summed E-state index contributed by atoms with van der Waals surface area (Å²) in [5, 5.41) is 20.2. The van der Waals surface area contributed by atoms with Gasteiger partial charge in [0.15, 0.2) is 0 Å². The van der Waals surface area contributed by atoms with Gasteiger partial charge >= 0.3 is 0 Å². The Labute approximate surface area is 128 Å². The summed E-state index contributed by atoms with van der Waals surface area (Å²) in [6, 6.07) is 3.61. The first-order valence-corrected chi connectivity index (χ1v) is 8.30. The van der Waals surface area contributed by atoms with Crippen LogP contribution in [0.4, 0.5) is 0 Å². The molecule has 110 valence electrons. The third-order valence-corrected chi connectivity index (χ3v) is 6.79. The van der Waals surface area contributed by atoms with Crippen molar-refractivity contribution in [2.45, 2.75) is 57.5 Å². The number of phenolic OH excluding ortho intramolecular Hbond substituents is 1. The van der Waals surface area contributed by atoms with E-state index in [9.17, 15) is 10.2 Å². The van der Waals surface area contributed by atoms with Crippen LogP contribution < -0.4 is 5.46 Å². The lowest BCUT2D eigenvalue weighted by molar-refractivity contribution is -0.0224. The van der Waals surface area contributed by atoms with Crippen molar-refractivity contribution in [1.82, 2.24) is 0 Å². The Hall–Kier alpha value is -0.955. The average Bonchev–Trinajstić information content (AvgIpc) is 2.74. The van der Waals surface area contributed by atoms with Crippen LogP contribution >= 0.6 is 0 Å². The second-order valence-corrected chi connectivity index (χ2v) is 7.66. The zero-order chi connectivity index (χ0) is 14.8. The van der Waals surface area contributed by atoms with Gasteiger partial charge in [0, 0.05) is 0 Å². The molecule has 2 fully saturated rings. The molecule has 0 heterocycles. The molecule has 1 aromatic carbocycles. The van der Waals surface area contributed by atoms with Gasteiger partial charge < -0.3 is 10.2 Å². The molecule has 0 unspecified atom stereocenters. The van der Waals surface area contributed by atoms with Gasteiger partial charge in [0.1, 0.15) is 13.6 Å². The first-order chi connectivity index (χ1) is 10.0. The molecule has 5 atom stereocenters. The van der Waals surface area contributed by atoms with E-state index in [1.807, 2.05) is 6.07 Å². The third-order valence-electron chi connectivity index (χ3n) is 6.79. The Balaban J connectivity index is 1.75. The second-order valence-electron chi connectivity index (χ2n) is 7.66. The number of aliphatic hydroxyl groups excluding tert-OH is 1. The Morgan fingerprint density at radius 2 is 2.00 bits per heavy atom. The number of aliphatic hydroxyl groups is 1. The molecule has 4 rings (SSSR count). The molecular formula is C18H23BO2. The van der Waals surface area contributed by atoms with E-state index in [1.165, 1.54) is 17.5 Å². The van der Waals surface area contributed by atoms with Gasteiger partial charge in [-0.05, 0) is 85.0 Å². The number of fused-ring (bicyclic) bond motifs is 5. The van der Waals surface area contributed by atoms with E-state index < -0.39 is 0 Å². The molecule has 2 saturated carbocycles. The molecule has 0 aliphatic heterocycles. The van der Waals surface area contributed by atoms with Crippen molar-refractivity contribution in [3.05, 3.63) is 23.3 Å². The summed E-state index contributed by atoms with van der Waals surface area (Å²) >= 11 is 0. The van der Waals surface area contributed by atoms with E-state index >= 15 is 0 Å². The summed E-state index contributed by atoms with van der Waals surface area (Å²) in [5.74, 6) is 2.10. The van der Waals surface area contributed by atoms with Crippen LogP contribution in [-0.2, 0) is 6.42 Å². The lowest BCUT2D eigenvalue weighted by atomic mass is 9.54. The van der Waals surface area contributed by atoms with Crippen molar-refractivity contribution in [3.63, 3.8) is 0 Å². The van der Waals surface area contributed by atoms with Crippen LogP contribution in [-0.4, -0.2) is 24.2 Å². The van der Waals surface area contributed by atoms with Gasteiger partial charge in [0.05, 0.1) is 6.10 Å². The van der Waals surface area contributed by atoms with Crippen LogP contribution in [0.1, 0.15) is 56.1 Å². The number of hydrogen-bond acceptors (Lipinski definition) is 2. The molecule has 3 heteroatoms. The molecule has 0 spiro atoms. The monoisotopic (exact) mass is 282 g/mol. The number of aromatic hydroxyl groups is 1. The van der Waals surface area contributed by atoms with E-state index in [4.69, 9.17) is 7.85 Å². The zero-order valence-electron chi connectivity index (χ0n) is 12.7. The molecule has 0 bridgehead atoms. The maximum absolute atomic E-state index is 10.4. The SMILES string of the molecule is [B]c1cc(O)cc2c1[C@H]1CC[C@]3(C)[C@H](O)CC[C@H]3[C@@H]1CC2.